The van der Waals surface area contributed by atoms with E-state index < -0.39 is 10.0 Å². The minimum Gasteiger partial charge on any atom is -0.378 e. The van der Waals surface area contributed by atoms with Crippen LogP contribution in [0.5, 0.6) is 0 Å². The Balaban J connectivity index is 1.67. The van der Waals surface area contributed by atoms with Crippen molar-refractivity contribution < 1.29 is 17.9 Å². The summed E-state index contributed by atoms with van der Waals surface area (Å²) in [5.74, 6) is -0.320. The van der Waals surface area contributed by atoms with Crippen LogP contribution in [0.1, 0.15) is 29.6 Å². The Morgan fingerprint density at radius 1 is 0.969 bits per heavy atom. The minimum atomic E-state index is -3.64. The van der Waals surface area contributed by atoms with Crippen LogP contribution in [0, 0.1) is 0 Å². The second-order valence-electron chi connectivity index (χ2n) is 7.93. The number of ether oxygens (including phenoxy) is 1. The standard InChI is InChI=1S/C23H29N3O4S2/c1-31-19-7-5-18(6-8-19)24-23(27)21-17-20(32(28,29)26-11-3-2-4-12-26)9-10-22(21)25-13-15-30-16-14-25/h5-10,17H,2-4,11-16H2,1H3,(H,24,27). The number of carbonyl (C=O) groups is 1. The largest absolute Gasteiger partial charge is 0.378 e. The van der Waals surface area contributed by atoms with Crippen molar-refractivity contribution in [2.24, 2.45) is 0 Å². The van der Waals surface area contributed by atoms with Crippen molar-refractivity contribution in [3.05, 3.63) is 48.0 Å². The Bertz CT molecular complexity index is 1050. The fourth-order valence-electron chi connectivity index (χ4n) is 4.06. The normalized spacial score (nSPS) is 17.8. The van der Waals surface area contributed by atoms with Gasteiger partial charge in [0.25, 0.3) is 5.91 Å². The van der Waals surface area contributed by atoms with E-state index in [0.29, 0.717) is 50.6 Å². The number of rotatable bonds is 6. The first-order valence-corrected chi connectivity index (χ1v) is 13.6. The number of thioether (sulfide) groups is 1. The zero-order valence-electron chi connectivity index (χ0n) is 18.2. The van der Waals surface area contributed by atoms with E-state index in [1.165, 1.54) is 10.4 Å². The Morgan fingerprint density at radius 2 is 1.66 bits per heavy atom. The van der Waals surface area contributed by atoms with Gasteiger partial charge in [-0.25, -0.2) is 8.42 Å². The number of piperidine rings is 1. The molecule has 0 aromatic heterocycles. The zero-order chi connectivity index (χ0) is 22.6. The van der Waals surface area contributed by atoms with Gasteiger partial charge in [-0.15, -0.1) is 11.8 Å². The van der Waals surface area contributed by atoms with Gasteiger partial charge in [0.15, 0.2) is 0 Å². The van der Waals surface area contributed by atoms with E-state index in [4.69, 9.17) is 4.74 Å². The highest BCUT2D eigenvalue weighted by Crippen LogP contribution is 2.29. The van der Waals surface area contributed by atoms with Crippen LogP contribution < -0.4 is 10.2 Å². The molecule has 0 radical (unpaired) electrons. The molecule has 0 aliphatic carbocycles. The van der Waals surface area contributed by atoms with Crippen LogP contribution in [0.25, 0.3) is 0 Å². The molecule has 7 nitrogen and oxygen atoms in total. The first-order valence-electron chi connectivity index (χ1n) is 10.9. The smallest absolute Gasteiger partial charge is 0.257 e. The maximum Gasteiger partial charge on any atom is 0.257 e. The van der Waals surface area contributed by atoms with Crippen molar-refractivity contribution >= 4 is 39.1 Å². The molecule has 0 unspecified atom stereocenters. The molecule has 2 aliphatic rings. The Labute approximate surface area is 194 Å². The molecule has 0 bridgehead atoms. The summed E-state index contributed by atoms with van der Waals surface area (Å²) in [5, 5.41) is 2.93. The van der Waals surface area contributed by atoms with E-state index in [2.05, 4.69) is 10.2 Å². The van der Waals surface area contributed by atoms with E-state index in [0.717, 1.165) is 29.8 Å². The first kappa shape index (κ1) is 23.1. The van der Waals surface area contributed by atoms with Crippen molar-refractivity contribution in [3.8, 4) is 0 Å². The van der Waals surface area contributed by atoms with Gasteiger partial charge in [0, 0.05) is 42.4 Å². The highest BCUT2D eigenvalue weighted by molar-refractivity contribution is 7.98. The van der Waals surface area contributed by atoms with E-state index in [9.17, 15) is 13.2 Å². The quantitative estimate of drug-likeness (QED) is 0.643. The maximum atomic E-state index is 13.3. The number of hydrogen-bond acceptors (Lipinski definition) is 6. The highest BCUT2D eigenvalue weighted by Gasteiger charge is 2.28. The van der Waals surface area contributed by atoms with Gasteiger partial charge in [0.1, 0.15) is 0 Å². The third-order valence-electron chi connectivity index (χ3n) is 5.87. The van der Waals surface area contributed by atoms with E-state index in [1.807, 2.05) is 30.5 Å². The summed E-state index contributed by atoms with van der Waals surface area (Å²) in [6.45, 7) is 3.51. The molecule has 172 valence electrons. The molecule has 4 rings (SSSR count). The molecular formula is C23H29N3O4S2. The number of nitrogens with one attached hydrogen (secondary N) is 1. The molecule has 2 fully saturated rings. The van der Waals surface area contributed by atoms with Crippen molar-refractivity contribution in [1.82, 2.24) is 4.31 Å². The predicted octanol–water partition coefficient (Wildman–Crippen LogP) is 3.67. The van der Waals surface area contributed by atoms with Gasteiger partial charge in [-0.3, -0.25) is 4.79 Å². The summed E-state index contributed by atoms with van der Waals surface area (Å²) in [4.78, 5) is 16.7. The summed E-state index contributed by atoms with van der Waals surface area (Å²) in [7, 11) is -3.64. The zero-order valence-corrected chi connectivity index (χ0v) is 19.9. The van der Waals surface area contributed by atoms with E-state index in [-0.39, 0.29) is 10.8 Å². The minimum absolute atomic E-state index is 0.166. The fourth-order valence-corrected chi connectivity index (χ4v) is 6.02. The lowest BCUT2D eigenvalue weighted by Crippen LogP contribution is -2.38. The number of carbonyl (C=O) groups excluding carboxylic acids is 1. The average molecular weight is 476 g/mol. The van der Waals surface area contributed by atoms with Gasteiger partial charge in [-0.2, -0.15) is 4.31 Å². The van der Waals surface area contributed by atoms with E-state index in [1.54, 1.807) is 23.9 Å². The third-order valence-corrected chi connectivity index (χ3v) is 8.50. The highest BCUT2D eigenvalue weighted by atomic mass is 32.2. The van der Waals surface area contributed by atoms with Gasteiger partial charge in [-0.05, 0) is 61.6 Å². The molecule has 2 saturated heterocycles. The lowest BCUT2D eigenvalue weighted by Gasteiger charge is -2.31. The van der Waals surface area contributed by atoms with Crippen molar-refractivity contribution in [2.45, 2.75) is 29.1 Å². The second-order valence-corrected chi connectivity index (χ2v) is 10.7. The lowest BCUT2D eigenvalue weighted by molar-refractivity contribution is 0.102. The number of benzene rings is 2. The number of amides is 1. The molecule has 0 saturated carbocycles. The monoisotopic (exact) mass is 475 g/mol. The first-order chi connectivity index (χ1) is 15.5. The number of sulfonamides is 1. The molecule has 1 amide bonds. The van der Waals surface area contributed by atoms with Gasteiger partial charge in [0.2, 0.25) is 10.0 Å². The predicted molar refractivity (Wildman–Crippen MR) is 128 cm³/mol. The van der Waals surface area contributed by atoms with Crippen LogP contribution in [-0.2, 0) is 14.8 Å². The number of anilines is 2. The van der Waals surface area contributed by atoms with Crippen molar-refractivity contribution in [3.63, 3.8) is 0 Å². The van der Waals surface area contributed by atoms with Gasteiger partial charge in [0.05, 0.1) is 23.7 Å². The average Bonchev–Trinajstić information content (AvgIpc) is 2.85. The summed E-state index contributed by atoms with van der Waals surface area (Å²) in [5.41, 5.74) is 1.76. The van der Waals surface area contributed by atoms with Crippen molar-refractivity contribution in [1.29, 1.82) is 0 Å². The molecule has 1 N–H and O–H groups in total. The topological polar surface area (TPSA) is 79.0 Å². The van der Waals surface area contributed by atoms with Crippen LogP contribution >= 0.6 is 11.8 Å². The molecule has 2 aromatic carbocycles. The second kappa shape index (κ2) is 10.2. The summed E-state index contributed by atoms with van der Waals surface area (Å²) in [6, 6.07) is 12.5. The molecule has 2 aromatic rings. The van der Waals surface area contributed by atoms with Crippen molar-refractivity contribution in [2.75, 3.05) is 55.9 Å². The summed E-state index contributed by atoms with van der Waals surface area (Å²) in [6.07, 6.45) is 4.77. The Hall–Kier alpha value is -2.07. The van der Waals surface area contributed by atoms with Crippen LogP contribution in [0.3, 0.4) is 0 Å². The van der Waals surface area contributed by atoms with Gasteiger partial charge in [-0.1, -0.05) is 6.42 Å². The number of nitrogens with zero attached hydrogens (tertiary/aromatic N) is 2. The maximum absolute atomic E-state index is 13.3. The van der Waals surface area contributed by atoms with Crippen LogP contribution in [0.15, 0.2) is 52.3 Å². The molecule has 9 heteroatoms. The molecule has 0 atom stereocenters. The van der Waals surface area contributed by atoms with Gasteiger partial charge >= 0.3 is 0 Å². The molecule has 32 heavy (non-hydrogen) atoms. The molecule has 2 heterocycles. The fraction of sp³-hybridized carbons (Fsp3) is 0.435. The van der Waals surface area contributed by atoms with Crippen LogP contribution in [-0.4, -0.2) is 64.3 Å². The third kappa shape index (κ3) is 5.11. The van der Waals surface area contributed by atoms with Crippen LogP contribution in [0.2, 0.25) is 0 Å². The Kier molecular flexibility index (Phi) is 7.40. The molecule has 2 aliphatic heterocycles. The number of hydrogen-bond donors (Lipinski definition) is 1. The summed E-state index contributed by atoms with van der Waals surface area (Å²) >= 11 is 1.63. The SMILES string of the molecule is CSc1ccc(NC(=O)c2cc(S(=O)(=O)N3CCCCC3)ccc2N2CCOCC2)cc1. The molecule has 0 spiro atoms. The van der Waals surface area contributed by atoms with Gasteiger partial charge < -0.3 is 15.0 Å². The summed E-state index contributed by atoms with van der Waals surface area (Å²) < 4.78 is 33.5. The Morgan fingerprint density at radius 3 is 2.31 bits per heavy atom. The van der Waals surface area contributed by atoms with E-state index >= 15 is 0 Å². The number of morpholine rings is 1. The molecular weight excluding hydrogens is 446 g/mol. The van der Waals surface area contributed by atoms with Crippen LogP contribution in [0.4, 0.5) is 11.4 Å². The lowest BCUT2D eigenvalue weighted by atomic mass is 10.1.